The Morgan fingerprint density at radius 3 is 2.38 bits per heavy atom. The van der Waals surface area contributed by atoms with Gasteiger partial charge < -0.3 is 10.2 Å². The number of aromatic nitrogens is 1. The maximum Gasteiger partial charge on any atom is 0.245 e. The lowest BCUT2D eigenvalue weighted by atomic mass is 9.84. The standard InChI is InChI=1S/C18H31N3O2S/c1-12(2)21(16(23)8-13(3)9-18(5,6)7)11-15(22)20-17-19-10-14(4)24-17/h10,12-13H,8-9,11H2,1-7H3,(H,19,20,22). The molecule has 136 valence electrons. The van der Waals surface area contributed by atoms with Gasteiger partial charge in [0.1, 0.15) is 6.54 Å². The minimum absolute atomic E-state index is 0.0110. The van der Waals surface area contributed by atoms with Gasteiger partial charge in [-0.2, -0.15) is 0 Å². The van der Waals surface area contributed by atoms with Gasteiger partial charge in [-0.25, -0.2) is 4.98 Å². The second-order valence-electron chi connectivity index (χ2n) is 8.01. The molecular formula is C18H31N3O2S. The molecule has 0 spiro atoms. The third-order valence-corrected chi connectivity index (χ3v) is 4.44. The Kier molecular flexibility index (Phi) is 7.39. The minimum atomic E-state index is -0.199. The summed E-state index contributed by atoms with van der Waals surface area (Å²) in [5.74, 6) is 0.130. The lowest BCUT2D eigenvalue weighted by molar-refractivity contribution is -0.137. The molecule has 2 amide bonds. The molecule has 1 heterocycles. The highest BCUT2D eigenvalue weighted by atomic mass is 32.1. The molecule has 1 aromatic rings. The van der Waals surface area contributed by atoms with Gasteiger partial charge in [0.15, 0.2) is 5.13 Å². The van der Waals surface area contributed by atoms with Crippen LogP contribution in [0.15, 0.2) is 6.20 Å². The third kappa shape index (κ3) is 7.43. The molecule has 1 unspecified atom stereocenters. The van der Waals surface area contributed by atoms with E-state index in [0.29, 0.717) is 17.5 Å². The largest absolute Gasteiger partial charge is 0.331 e. The Labute approximate surface area is 149 Å². The van der Waals surface area contributed by atoms with Crippen LogP contribution in [0.3, 0.4) is 0 Å². The van der Waals surface area contributed by atoms with Gasteiger partial charge in [0.05, 0.1) is 0 Å². The summed E-state index contributed by atoms with van der Waals surface area (Å²) in [7, 11) is 0. The molecule has 1 N–H and O–H groups in total. The van der Waals surface area contributed by atoms with Gasteiger partial charge in [0.2, 0.25) is 11.8 Å². The fraction of sp³-hybridized carbons (Fsp3) is 0.722. The maximum atomic E-state index is 12.6. The summed E-state index contributed by atoms with van der Waals surface area (Å²) in [6.07, 6.45) is 3.17. The zero-order chi connectivity index (χ0) is 18.5. The number of carbonyl (C=O) groups is 2. The predicted octanol–water partition coefficient (Wildman–Crippen LogP) is 4.09. The topological polar surface area (TPSA) is 62.3 Å². The lowest BCUT2D eigenvalue weighted by Crippen LogP contribution is -2.43. The van der Waals surface area contributed by atoms with Crippen molar-refractivity contribution in [2.45, 2.75) is 67.3 Å². The van der Waals surface area contributed by atoms with Crippen molar-refractivity contribution >= 4 is 28.3 Å². The van der Waals surface area contributed by atoms with Gasteiger partial charge in [0.25, 0.3) is 0 Å². The molecule has 5 nitrogen and oxygen atoms in total. The molecule has 0 bridgehead atoms. The van der Waals surface area contributed by atoms with Crippen molar-refractivity contribution in [2.75, 3.05) is 11.9 Å². The van der Waals surface area contributed by atoms with Crippen LogP contribution in [0.1, 0.15) is 59.3 Å². The van der Waals surface area contributed by atoms with Crippen molar-refractivity contribution in [3.63, 3.8) is 0 Å². The van der Waals surface area contributed by atoms with Gasteiger partial charge in [-0.15, -0.1) is 11.3 Å². The maximum absolute atomic E-state index is 12.6. The van der Waals surface area contributed by atoms with Crippen molar-refractivity contribution in [3.8, 4) is 0 Å². The van der Waals surface area contributed by atoms with E-state index in [1.807, 2.05) is 20.8 Å². The van der Waals surface area contributed by atoms with Gasteiger partial charge in [-0.05, 0) is 38.5 Å². The van der Waals surface area contributed by atoms with Crippen molar-refractivity contribution in [2.24, 2.45) is 11.3 Å². The van der Waals surface area contributed by atoms with Gasteiger partial charge >= 0.3 is 0 Å². The first-order valence-electron chi connectivity index (χ1n) is 8.49. The molecule has 1 atom stereocenters. The van der Waals surface area contributed by atoms with Crippen molar-refractivity contribution in [1.82, 2.24) is 9.88 Å². The van der Waals surface area contributed by atoms with E-state index in [1.54, 1.807) is 11.1 Å². The van der Waals surface area contributed by atoms with E-state index >= 15 is 0 Å². The Morgan fingerprint density at radius 2 is 1.92 bits per heavy atom. The molecule has 0 saturated heterocycles. The average Bonchev–Trinajstić information content (AvgIpc) is 2.78. The Hall–Kier alpha value is -1.43. The van der Waals surface area contributed by atoms with Crippen molar-refractivity contribution < 1.29 is 9.59 Å². The van der Waals surface area contributed by atoms with Crippen LogP contribution < -0.4 is 5.32 Å². The van der Waals surface area contributed by atoms with Crippen LogP contribution >= 0.6 is 11.3 Å². The van der Waals surface area contributed by atoms with Gasteiger partial charge in [0, 0.05) is 23.5 Å². The number of hydrogen-bond donors (Lipinski definition) is 1. The first kappa shape index (κ1) is 20.6. The highest BCUT2D eigenvalue weighted by Gasteiger charge is 2.24. The first-order chi connectivity index (χ1) is 11.0. The van der Waals surface area contributed by atoms with Gasteiger partial charge in [-0.1, -0.05) is 27.7 Å². The number of aryl methyl sites for hydroxylation is 1. The second kappa shape index (κ2) is 8.60. The highest BCUT2D eigenvalue weighted by molar-refractivity contribution is 7.15. The van der Waals surface area contributed by atoms with Crippen LogP contribution in [-0.2, 0) is 9.59 Å². The van der Waals surface area contributed by atoms with E-state index in [1.165, 1.54) is 11.3 Å². The van der Waals surface area contributed by atoms with E-state index in [-0.39, 0.29) is 29.8 Å². The molecule has 0 aliphatic carbocycles. The summed E-state index contributed by atoms with van der Waals surface area (Å²) in [4.78, 5) is 31.6. The summed E-state index contributed by atoms with van der Waals surface area (Å²) in [5, 5.41) is 3.35. The van der Waals surface area contributed by atoms with E-state index in [4.69, 9.17) is 0 Å². The van der Waals surface area contributed by atoms with E-state index in [0.717, 1.165) is 11.3 Å². The van der Waals surface area contributed by atoms with Crippen LogP contribution in [0, 0.1) is 18.3 Å². The molecule has 6 heteroatoms. The lowest BCUT2D eigenvalue weighted by Gasteiger charge is -2.29. The van der Waals surface area contributed by atoms with Crippen LogP contribution in [0.5, 0.6) is 0 Å². The zero-order valence-electron chi connectivity index (χ0n) is 16.0. The predicted molar refractivity (Wildman–Crippen MR) is 100 cm³/mol. The summed E-state index contributed by atoms with van der Waals surface area (Å²) in [6, 6.07) is -0.0110. The third-order valence-electron chi connectivity index (χ3n) is 3.61. The van der Waals surface area contributed by atoms with Crippen molar-refractivity contribution in [3.05, 3.63) is 11.1 Å². The molecule has 0 aliphatic rings. The van der Waals surface area contributed by atoms with Crippen LogP contribution in [-0.4, -0.2) is 34.3 Å². The number of nitrogens with zero attached hydrogens (tertiary/aromatic N) is 2. The number of carbonyl (C=O) groups excluding carboxylic acids is 2. The quantitative estimate of drug-likeness (QED) is 0.803. The number of nitrogens with one attached hydrogen (secondary N) is 1. The monoisotopic (exact) mass is 353 g/mol. The highest BCUT2D eigenvalue weighted by Crippen LogP contribution is 2.26. The van der Waals surface area contributed by atoms with E-state index in [9.17, 15) is 9.59 Å². The zero-order valence-corrected chi connectivity index (χ0v) is 16.8. The SMILES string of the molecule is Cc1cnc(NC(=O)CN(C(=O)CC(C)CC(C)(C)C)C(C)C)s1. The van der Waals surface area contributed by atoms with Crippen molar-refractivity contribution in [1.29, 1.82) is 0 Å². The molecule has 0 radical (unpaired) electrons. The summed E-state index contributed by atoms with van der Waals surface area (Å²) < 4.78 is 0. The number of rotatable bonds is 7. The van der Waals surface area contributed by atoms with E-state index < -0.39 is 0 Å². The Bertz CT molecular complexity index is 561. The minimum Gasteiger partial charge on any atom is -0.331 e. The number of hydrogen-bond acceptors (Lipinski definition) is 4. The van der Waals surface area contributed by atoms with Crippen LogP contribution in [0.25, 0.3) is 0 Å². The molecule has 0 aliphatic heterocycles. The second-order valence-corrected chi connectivity index (χ2v) is 9.25. The molecular weight excluding hydrogens is 322 g/mol. The Balaban J connectivity index is 2.62. The van der Waals surface area contributed by atoms with Gasteiger partial charge in [-0.3, -0.25) is 9.59 Å². The first-order valence-corrected chi connectivity index (χ1v) is 9.31. The summed E-state index contributed by atoms with van der Waals surface area (Å²) in [6.45, 7) is 14.5. The van der Waals surface area contributed by atoms with E-state index in [2.05, 4.69) is 38.0 Å². The smallest absolute Gasteiger partial charge is 0.245 e. The average molecular weight is 354 g/mol. The molecule has 0 saturated carbocycles. The summed E-state index contributed by atoms with van der Waals surface area (Å²) >= 11 is 1.43. The summed E-state index contributed by atoms with van der Waals surface area (Å²) in [5.41, 5.74) is 0.197. The van der Waals surface area contributed by atoms with Crippen LogP contribution in [0.4, 0.5) is 5.13 Å². The molecule has 1 rings (SSSR count). The number of anilines is 1. The molecule has 24 heavy (non-hydrogen) atoms. The molecule has 1 aromatic heterocycles. The molecule has 0 aromatic carbocycles. The van der Waals surface area contributed by atoms with Crippen LogP contribution in [0.2, 0.25) is 0 Å². The number of thiazole rings is 1. The fourth-order valence-electron chi connectivity index (χ4n) is 2.82. The molecule has 0 fully saturated rings. The Morgan fingerprint density at radius 1 is 1.29 bits per heavy atom. The number of amides is 2. The fourth-order valence-corrected chi connectivity index (χ4v) is 3.50. The normalized spacial score (nSPS) is 13.0.